The number of aromatic nitrogens is 4. The van der Waals surface area contributed by atoms with Crippen LogP contribution in [0.25, 0.3) is 16.8 Å². The number of methoxy groups -OCH3 is 1. The van der Waals surface area contributed by atoms with Crippen molar-refractivity contribution < 1.29 is 23.4 Å². The largest absolute Gasteiger partial charge is 0.453 e. The number of rotatable bonds is 6. The number of carbonyl (C=O) groups excluding carboxylic acids is 1. The summed E-state index contributed by atoms with van der Waals surface area (Å²) in [5.74, 6) is -1.24. The smallest absolute Gasteiger partial charge is 0.407 e. The van der Waals surface area contributed by atoms with Crippen molar-refractivity contribution in [1.82, 2.24) is 24.9 Å². The minimum absolute atomic E-state index is 0.0194. The molecule has 4 heterocycles. The van der Waals surface area contributed by atoms with Gasteiger partial charge in [-0.15, -0.1) is 0 Å². The van der Waals surface area contributed by atoms with Crippen LogP contribution in [0.3, 0.4) is 0 Å². The van der Waals surface area contributed by atoms with Crippen LogP contribution in [-0.2, 0) is 10.3 Å². The molecule has 1 amide bonds. The molecule has 2 aliphatic rings. The molecule has 5 N–H and O–H groups in total. The Morgan fingerprint density at radius 1 is 1.14 bits per heavy atom. The van der Waals surface area contributed by atoms with E-state index in [9.17, 15) is 9.90 Å². The predicted molar refractivity (Wildman–Crippen MR) is 157 cm³/mol. The van der Waals surface area contributed by atoms with Crippen LogP contribution in [0.15, 0.2) is 48.9 Å². The van der Waals surface area contributed by atoms with Gasteiger partial charge < -0.3 is 31.1 Å². The molecule has 1 aliphatic heterocycles. The number of aliphatic hydroxyl groups is 1. The van der Waals surface area contributed by atoms with Crippen molar-refractivity contribution in [1.29, 1.82) is 0 Å². The van der Waals surface area contributed by atoms with Gasteiger partial charge in [-0.05, 0) is 54.7 Å². The molecule has 226 valence electrons. The van der Waals surface area contributed by atoms with Crippen molar-refractivity contribution in [3.05, 3.63) is 66.1 Å². The molecule has 3 aromatic heterocycles. The van der Waals surface area contributed by atoms with Gasteiger partial charge in [0.15, 0.2) is 0 Å². The fraction of sp³-hybridized carbons (Fsp3) is 0.400. The van der Waals surface area contributed by atoms with E-state index in [0.717, 1.165) is 18.5 Å². The van der Waals surface area contributed by atoms with E-state index >= 15 is 8.78 Å². The second-order valence-electron chi connectivity index (χ2n) is 11.4. The molecule has 1 saturated carbocycles. The molecule has 2 fully saturated rings. The lowest BCUT2D eigenvalue weighted by molar-refractivity contribution is 0.0438. The molecule has 13 heteroatoms. The van der Waals surface area contributed by atoms with E-state index in [1.165, 1.54) is 29.8 Å². The zero-order valence-electron chi connectivity index (χ0n) is 23.9. The van der Waals surface area contributed by atoms with Gasteiger partial charge in [-0.2, -0.15) is 9.61 Å². The number of nitrogens with two attached hydrogens (primary N) is 1. The first kappa shape index (κ1) is 28.7. The Kier molecular flexibility index (Phi) is 7.61. The molecular weight excluding hydrogens is 558 g/mol. The molecule has 0 bridgehead atoms. The van der Waals surface area contributed by atoms with Crippen molar-refractivity contribution in [3.8, 4) is 11.3 Å². The molecule has 4 aromatic rings. The molecule has 1 aromatic carbocycles. The summed E-state index contributed by atoms with van der Waals surface area (Å²) in [4.78, 5) is 22.6. The molecule has 6 rings (SSSR count). The number of fused-ring (bicyclic) bond motifs is 1. The fourth-order valence-corrected chi connectivity index (χ4v) is 6.28. The number of nitrogens with zero attached hydrogens (tertiary/aromatic N) is 5. The summed E-state index contributed by atoms with van der Waals surface area (Å²) in [6.45, 7) is 3.08. The van der Waals surface area contributed by atoms with Crippen LogP contribution in [0.5, 0.6) is 0 Å². The topological polar surface area (TPSA) is 143 Å². The summed E-state index contributed by atoms with van der Waals surface area (Å²) in [7, 11) is 1.32. The van der Waals surface area contributed by atoms with E-state index in [0.29, 0.717) is 43.1 Å². The number of hydrogen-bond acceptors (Lipinski definition) is 9. The summed E-state index contributed by atoms with van der Waals surface area (Å²) >= 11 is 0. The van der Waals surface area contributed by atoms with Crippen molar-refractivity contribution in [2.24, 2.45) is 11.7 Å². The maximum atomic E-state index is 15.3. The zero-order valence-corrected chi connectivity index (χ0v) is 23.9. The van der Waals surface area contributed by atoms with E-state index in [2.05, 4.69) is 30.6 Å². The standard InChI is InChI=1S/C30H34F2N8O3/c1-17-15-39(16-22(33)27(17)37-29(41)43-2)25-7-10-34-14-24(25)36-28-35-13-19-5-6-23(38-40(19)28)26-20(31)11-18(12-21(26)32)30(42)8-3-4-9-30/h5-7,10-14,17,22,27,42H,3-4,8-9,15-16,33H2,1-2H3,(H,35,36)(H,37,41)/t17-,22+,27-/m0/s1. The van der Waals surface area contributed by atoms with E-state index in [-0.39, 0.29) is 34.8 Å². The quantitative estimate of drug-likeness (QED) is 0.260. The summed E-state index contributed by atoms with van der Waals surface area (Å²) in [5, 5.41) is 21.5. The van der Waals surface area contributed by atoms with Crippen LogP contribution in [0, 0.1) is 17.6 Å². The van der Waals surface area contributed by atoms with E-state index in [1.807, 2.05) is 13.0 Å². The third-order valence-corrected chi connectivity index (χ3v) is 8.52. The third kappa shape index (κ3) is 5.45. The molecule has 0 unspecified atom stereocenters. The number of nitrogens with one attached hydrogen (secondary N) is 2. The number of ether oxygens (including phenoxy) is 1. The SMILES string of the molecule is COC(=O)N[C@@H]1[C@H](N)CN(c2ccncc2Nc2ncc3ccc(-c4c(F)cc(C5(O)CCCC5)cc4F)nn23)C[C@@H]1C. The minimum atomic E-state index is -1.21. The van der Waals surface area contributed by atoms with Gasteiger partial charge in [-0.25, -0.2) is 18.6 Å². The number of alkyl carbamates (subject to hydrolysis) is 1. The van der Waals surface area contributed by atoms with Crippen LogP contribution >= 0.6 is 0 Å². The zero-order chi connectivity index (χ0) is 30.3. The Hall–Kier alpha value is -4.36. The van der Waals surface area contributed by atoms with Crippen LogP contribution in [0.4, 0.5) is 30.9 Å². The van der Waals surface area contributed by atoms with Crippen molar-refractivity contribution in [3.63, 3.8) is 0 Å². The highest BCUT2D eigenvalue weighted by atomic mass is 19.1. The summed E-state index contributed by atoms with van der Waals surface area (Å²) in [6, 6.07) is 6.89. The van der Waals surface area contributed by atoms with Gasteiger partial charge in [-0.3, -0.25) is 4.98 Å². The highest BCUT2D eigenvalue weighted by molar-refractivity contribution is 5.74. The summed E-state index contributed by atoms with van der Waals surface area (Å²) in [5.41, 5.74) is 7.36. The molecule has 1 aliphatic carbocycles. The number of carbonyl (C=O) groups is 1. The second kappa shape index (κ2) is 11.4. The minimum Gasteiger partial charge on any atom is -0.453 e. The number of piperidine rings is 1. The number of halogens is 2. The lowest BCUT2D eigenvalue weighted by Crippen LogP contribution is -2.62. The van der Waals surface area contributed by atoms with Gasteiger partial charge in [0, 0.05) is 25.3 Å². The number of benzene rings is 1. The second-order valence-corrected chi connectivity index (χ2v) is 11.4. The Balaban J connectivity index is 1.28. The first-order valence-electron chi connectivity index (χ1n) is 14.3. The van der Waals surface area contributed by atoms with Crippen LogP contribution < -0.4 is 21.3 Å². The first-order chi connectivity index (χ1) is 20.7. The predicted octanol–water partition coefficient (Wildman–Crippen LogP) is 4.08. The Morgan fingerprint density at radius 3 is 2.58 bits per heavy atom. The molecule has 3 atom stereocenters. The maximum absolute atomic E-state index is 15.3. The van der Waals surface area contributed by atoms with Gasteiger partial charge in [0.1, 0.15) is 11.6 Å². The average Bonchev–Trinajstić information content (AvgIpc) is 3.61. The fourth-order valence-electron chi connectivity index (χ4n) is 6.28. The lowest BCUT2D eigenvalue weighted by Gasteiger charge is -2.42. The number of hydrogen-bond donors (Lipinski definition) is 4. The molecular formula is C30H34F2N8O3. The van der Waals surface area contributed by atoms with Gasteiger partial charge >= 0.3 is 6.09 Å². The van der Waals surface area contributed by atoms with Gasteiger partial charge in [-0.1, -0.05) is 19.8 Å². The Morgan fingerprint density at radius 2 is 1.88 bits per heavy atom. The number of amides is 1. The average molecular weight is 593 g/mol. The Bertz CT molecular complexity index is 1620. The molecule has 43 heavy (non-hydrogen) atoms. The van der Waals surface area contributed by atoms with E-state index < -0.39 is 23.3 Å². The van der Waals surface area contributed by atoms with Gasteiger partial charge in [0.25, 0.3) is 0 Å². The van der Waals surface area contributed by atoms with Crippen molar-refractivity contribution in [2.75, 3.05) is 30.4 Å². The van der Waals surface area contributed by atoms with Crippen LogP contribution in [0.1, 0.15) is 38.2 Å². The number of anilines is 3. The monoisotopic (exact) mass is 592 g/mol. The van der Waals surface area contributed by atoms with Gasteiger partial charge in [0.2, 0.25) is 5.95 Å². The van der Waals surface area contributed by atoms with E-state index in [1.54, 1.807) is 24.7 Å². The molecule has 0 spiro atoms. The van der Waals surface area contributed by atoms with E-state index in [4.69, 9.17) is 10.5 Å². The van der Waals surface area contributed by atoms with Crippen molar-refractivity contribution in [2.45, 2.75) is 50.3 Å². The summed E-state index contributed by atoms with van der Waals surface area (Å²) in [6.07, 6.45) is 6.98. The maximum Gasteiger partial charge on any atom is 0.407 e. The molecule has 11 nitrogen and oxygen atoms in total. The first-order valence-corrected chi connectivity index (χ1v) is 14.3. The van der Waals surface area contributed by atoms with Gasteiger partial charge in [0.05, 0.1) is 59.3 Å². The number of pyridine rings is 1. The third-order valence-electron chi connectivity index (χ3n) is 8.52. The lowest BCUT2D eigenvalue weighted by atomic mass is 9.90. The van der Waals surface area contributed by atoms with Crippen LogP contribution in [-0.4, -0.2) is 63.1 Å². The summed E-state index contributed by atoms with van der Waals surface area (Å²) < 4.78 is 36.9. The Labute approximate surface area is 247 Å². The molecule has 1 saturated heterocycles. The number of imidazole rings is 1. The van der Waals surface area contributed by atoms with Crippen LogP contribution in [0.2, 0.25) is 0 Å². The highest BCUT2D eigenvalue weighted by Crippen LogP contribution is 2.40. The highest BCUT2D eigenvalue weighted by Gasteiger charge is 2.36. The molecule has 0 radical (unpaired) electrons. The normalized spacial score (nSPS) is 21.6. The van der Waals surface area contributed by atoms with Crippen molar-refractivity contribution >= 4 is 28.9 Å².